The quantitative estimate of drug-likeness (QED) is 0.884. The van der Waals surface area contributed by atoms with Gasteiger partial charge in [-0.05, 0) is 79.3 Å². The van der Waals surface area contributed by atoms with Crippen molar-refractivity contribution in [3.63, 3.8) is 0 Å². The van der Waals surface area contributed by atoms with Gasteiger partial charge in [0.05, 0.1) is 0 Å². The molecule has 1 N–H and O–H groups in total. The van der Waals surface area contributed by atoms with Gasteiger partial charge in [-0.3, -0.25) is 0 Å². The Hall–Kier alpha value is -1.80. The third-order valence-electron chi connectivity index (χ3n) is 6.90. The van der Waals surface area contributed by atoms with Crippen molar-refractivity contribution in [3.05, 3.63) is 65.2 Å². The molecule has 130 valence electrons. The SMILES string of the molecule is c1ccc2c(c1)CC(CN1CCC3(CCc4ccccc43)CC1)CN2. The summed E-state index contributed by atoms with van der Waals surface area (Å²) in [5.41, 5.74) is 6.62. The van der Waals surface area contributed by atoms with E-state index in [2.05, 4.69) is 58.7 Å². The Kier molecular flexibility index (Phi) is 3.82. The molecular weight excluding hydrogens is 304 g/mol. The number of hydrogen-bond acceptors (Lipinski definition) is 2. The zero-order chi connectivity index (χ0) is 16.7. The number of nitrogens with one attached hydrogen (secondary N) is 1. The lowest BCUT2D eigenvalue weighted by Gasteiger charge is -2.42. The molecule has 2 nitrogen and oxygen atoms in total. The average Bonchev–Trinajstić information content (AvgIpc) is 3.02. The molecular formula is C23H28N2. The lowest BCUT2D eigenvalue weighted by atomic mass is 9.73. The molecule has 1 saturated heterocycles. The minimum absolute atomic E-state index is 0.491. The minimum atomic E-state index is 0.491. The molecule has 1 atom stereocenters. The number of piperidine rings is 1. The van der Waals surface area contributed by atoms with Crippen LogP contribution >= 0.6 is 0 Å². The van der Waals surface area contributed by atoms with Gasteiger partial charge in [-0.1, -0.05) is 42.5 Å². The van der Waals surface area contributed by atoms with E-state index in [4.69, 9.17) is 0 Å². The van der Waals surface area contributed by atoms with Gasteiger partial charge in [0.2, 0.25) is 0 Å². The van der Waals surface area contributed by atoms with Crippen LogP contribution in [0, 0.1) is 5.92 Å². The summed E-state index contributed by atoms with van der Waals surface area (Å²) in [5.74, 6) is 0.750. The van der Waals surface area contributed by atoms with Crippen molar-refractivity contribution >= 4 is 5.69 Å². The van der Waals surface area contributed by atoms with Gasteiger partial charge in [0.1, 0.15) is 0 Å². The molecule has 0 aromatic heterocycles. The van der Waals surface area contributed by atoms with E-state index in [1.165, 1.54) is 63.0 Å². The zero-order valence-corrected chi connectivity index (χ0v) is 15.0. The van der Waals surface area contributed by atoms with Gasteiger partial charge in [0, 0.05) is 18.8 Å². The summed E-state index contributed by atoms with van der Waals surface area (Å²) in [6, 6.07) is 18.0. The monoisotopic (exact) mass is 332 g/mol. The Labute approximate surface area is 151 Å². The highest BCUT2D eigenvalue weighted by Gasteiger charge is 2.41. The number of fused-ring (bicyclic) bond motifs is 3. The molecule has 0 bridgehead atoms. The number of likely N-dealkylation sites (tertiary alicyclic amines) is 1. The zero-order valence-electron chi connectivity index (χ0n) is 15.0. The topological polar surface area (TPSA) is 15.3 Å². The largest absolute Gasteiger partial charge is 0.384 e. The van der Waals surface area contributed by atoms with E-state index in [1.807, 2.05) is 0 Å². The van der Waals surface area contributed by atoms with Crippen molar-refractivity contribution in [1.29, 1.82) is 0 Å². The van der Waals surface area contributed by atoms with Crippen LogP contribution in [0.15, 0.2) is 48.5 Å². The van der Waals surface area contributed by atoms with Crippen molar-refractivity contribution in [3.8, 4) is 0 Å². The molecule has 5 rings (SSSR count). The first-order chi connectivity index (χ1) is 12.3. The van der Waals surface area contributed by atoms with Crippen molar-refractivity contribution in [1.82, 2.24) is 4.90 Å². The smallest absolute Gasteiger partial charge is 0.0372 e. The number of benzene rings is 2. The average molecular weight is 332 g/mol. The van der Waals surface area contributed by atoms with Crippen molar-refractivity contribution in [2.75, 3.05) is 31.5 Å². The third-order valence-corrected chi connectivity index (χ3v) is 6.90. The molecule has 1 spiro atoms. The van der Waals surface area contributed by atoms with Gasteiger partial charge in [0.15, 0.2) is 0 Å². The Morgan fingerprint density at radius 3 is 2.56 bits per heavy atom. The summed E-state index contributed by atoms with van der Waals surface area (Å²) >= 11 is 0. The summed E-state index contributed by atoms with van der Waals surface area (Å²) in [7, 11) is 0. The van der Waals surface area contributed by atoms with Crippen LogP contribution in [0.3, 0.4) is 0 Å². The second-order valence-electron chi connectivity index (χ2n) is 8.35. The first-order valence-electron chi connectivity index (χ1n) is 9.95. The van der Waals surface area contributed by atoms with Gasteiger partial charge < -0.3 is 10.2 Å². The normalized spacial score (nSPS) is 24.6. The molecule has 0 amide bonds. The summed E-state index contributed by atoms with van der Waals surface area (Å²) in [5, 5.41) is 3.64. The van der Waals surface area contributed by atoms with Crippen molar-refractivity contribution in [2.45, 2.75) is 37.5 Å². The fraction of sp³-hybridized carbons (Fsp3) is 0.478. The van der Waals surface area contributed by atoms with E-state index < -0.39 is 0 Å². The van der Waals surface area contributed by atoms with Crippen molar-refractivity contribution in [2.24, 2.45) is 5.92 Å². The highest BCUT2D eigenvalue weighted by molar-refractivity contribution is 5.53. The fourth-order valence-corrected chi connectivity index (χ4v) is 5.45. The molecule has 25 heavy (non-hydrogen) atoms. The van der Waals surface area contributed by atoms with Crippen LogP contribution in [0.1, 0.15) is 36.0 Å². The molecule has 1 fully saturated rings. The molecule has 2 aliphatic heterocycles. The number of hydrogen-bond donors (Lipinski definition) is 1. The van der Waals surface area contributed by atoms with E-state index in [0.29, 0.717) is 5.41 Å². The molecule has 2 aromatic rings. The number of aryl methyl sites for hydroxylation is 1. The van der Waals surface area contributed by atoms with Crippen LogP contribution in [0.4, 0.5) is 5.69 Å². The number of nitrogens with zero attached hydrogens (tertiary/aromatic N) is 1. The maximum absolute atomic E-state index is 3.64. The molecule has 1 aliphatic carbocycles. The van der Waals surface area contributed by atoms with Gasteiger partial charge >= 0.3 is 0 Å². The van der Waals surface area contributed by atoms with E-state index in [-0.39, 0.29) is 0 Å². The highest BCUT2D eigenvalue weighted by atomic mass is 15.1. The molecule has 0 saturated carbocycles. The molecule has 2 aromatic carbocycles. The van der Waals surface area contributed by atoms with Crippen LogP contribution in [0.25, 0.3) is 0 Å². The Morgan fingerprint density at radius 2 is 1.68 bits per heavy atom. The van der Waals surface area contributed by atoms with E-state index in [1.54, 1.807) is 11.1 Å². The van der Waals surface area contributed by atoms with Crippen LogP contribution < -0.4 is 5.32 Å². The van der Waals surface area contributed by atoms with Gasteiger partial charge in [0.25, 0.3) is 0 Å². The van der Waals surface area contributed by atoms with Crippen LogP contribution in [0.5, 0.6) is 0 Å². The van der Waals surface area contributed by atoms with Gasteiger partial charge in [-0.25, -0.2) is 0 Å². The summed E-state index contributed by atoms with van der Waals surface area (Å²) in [6.45, 7) is 4.92. The Morgan fingerprint density at radius 1 is 0.920 bits per heavy atom. The molecule has 3 aliphatic rings. The summed E-state index contributed by atoms with van der Waals surface area (Å²) < 4.78 is 0. The second kappa shape index (κ2) is 6.17. The minimum Gasteiger partial charge on any atom is -0.384 e. The highest BCUT2D eigenvalue weighted by Crippen LogP contribution is 2.46. The lowest BCUT2D eigenvalue weighted by molar-refractivity contribution is 0.140. The van der Waals surface area contributed by atoms with Crippen molar-refractivity contribution < 1.29 is 0 Å². The first-order valence-corrected chi connectivity index (χ1v) is 9.95. The molecule has 2 heteroatoms. The summed E-state index contributed by atoms with van der Waals surface area (Å²) in [4.78, 5) is 2.73. The second-order valence-corrected chi connectivity index (χ2v) is 8.35. The van der Waals surface area contributed by atoms with Crippen LogP contribution in [0.2, 0.25) is 0 Å². The maximum atomic E-state index is 3.64. The van der Waals surface area contributed by atoms with Crippen LogP contribution in [-0.2, 0) is 18.3 Å². The predicted octanol–water partition coefficient (Wildman–Crippen LogP) is 4.25. The number of anilines is 1. The van der Waals surface area contributed by atoms with E-state index in [0.717, 1.165) is 12.5 Å². The number of rotatable bonds is 2. The Bertz CT molecular complexity index is 758. The van der Waals surface area contributed by atoms with E-state index >= 15 is 0 Å². The van der Waals surface area contributed by atoms with Crippen LogP contribution in [-0.4, -0.2) is 31.1 Å². The molecule has 2 heterocycles. The van der Waals surface area contributed by atoms with Gasteiger partial charge in [-0.15, -0.1) is 0 Å². The fourth-order valence-electron chi connectivity index (χ4n) is 5.45. The Balaban J connectivity index is 1.22. The predicted molar refractivity (Wildman–Crippen MR) is 104 cm³/mol. The van der Waals surface area contributed by atoms with E-state index in [9.17, 15) is 0 Å². The third kappa shape index (κ3) is 2.77. The number of para-hydroxylation sites is 1. The standard InChI is InChI=1S/C23H28N2/c1-3-7-21-19(5-1)9-10-23(21)11-13-25(14-12-23)17-18-15-20-6-2-4-8-22(20)24-16-18/h1-8,18,24H,9-17H2. The molecule has 0 radical (unpaired) electrons. The first kappa shape index (κ1) is 15.5. The summed E-state index contributed by atoms with van der Waals surface area (Å²) in [6.07, 6.45) is 6.59. The van der Waals surface area contributed by atoms with Gasteiger partial charge in [-0.2, -0.15) is 0 Å². The maximum Gasteiger partial charge on any atom is 0.0372 e. The molecule has 1 unspecified atom stereocenters. The lowest BCUT2D eigenvalue weighted by Crippen LogP contribution is -2.45.